The Morgan fingerprint density at radius 1 is 0.958 bits per heavy atom. The van der Waals surface area contributed by atoms with Crippen LogP contribution in [0.2, 0.25) is 0 Å². The number of phenolic OH excluding ortho intramolecular Hbond substituents is 1. The first kappa shape index (κ1) is 32.6. The number of likely N-dealkylation sites (tertiary alicyclic amines) is 1. The molecule has 1 aliphatic rings. The van der Waals surface area contributed by atoms with Crippen LogP contribution in [-0.2, 0) is 10.4 Å². The van der Waals surface area contributed by atoms with Crippen molar-refractivity contribution < 1.29 is 30.0 Å². The molecular formula is C37H36N4O7. The van der Waals surface area contributed by atoms with Crippen LogP contribution >= 0.6 is 0 Å². The second-order valence-electron chi connectivity index (χ2n) is 12.1. The zero-order chi connectivity index (χ0) is 33.8. The van der Waals surface area contributed by atoms with Crippen LogP contribution in [0.5, 0.6) is 5.75 Å². The van der Waals surface area contributed by atoms with E-state index in [9.17, 15) is 34.8 Å². The molecule has 0 saturated carbocycles. The van der Waals surface area contributed by atoms with E-state index in [1.165, 1.54) is 12.1 Å². The second-order valence-corrected chi connectivity index (χ2v) is 12.1. The number of nitrogens with zero attached hydrogens (tertiary/aromatic N) is 2. The molecule has 1 fully saturated rings. The van der Waals surface area contributed by atoms with Gasteiger partial charge in [-0.25, -0.2) is 4.79 Å². The summed E-state index contributed by atoms with van der Waals surface area (Å²) >= 11 is 0. The van der Waals surface area contributed by atoms with E-state index in [1.54, 1.807) is 85.1 Å². The van der Waals surface area contributed by atoms with Crippen LogP contribution in [0.1, 0.15) is 46.0 Å². The van der Waals surface area contributed by atoms with Crippen molar-refractivity contribution in [1.82, 2.24) is 20.2 Å². The lowest BCUT2D eigenvalue weighted by Crippen LogP contribution is -2.41. The van der Waals surface area contributed by atoms with Gasteiger partial charge in [-0.05, 0) is 66.8 Å². The average Bonchev–Trinajstić information content (AvgIpc) is 3.12. The number of carbonyl (C=O) groups is 2. The predicted molar refractivity (Wildman–Crippen MR) is 179 cm³/mol. The molecule has 48 heavy (non-hydrogen) atoms. The van der Waals surface area contributed by atoms with Crippen molar-refractivity contribution in [3.05, 3.63) is 130 Å². The number of carboxylic acids is 1. The number of nitrogens with one attached hydrogen (secondary N) is 2. The smallest absolute Gasteiger partial charge is 0.345 e. The first-order valence-corrected chi connectivity index (χ1v) is 15.8. The van der Waals surface area contributed by atoms with E-state index in [4.69, 9.17) is 0 Å². The summed E-state index contributed by atoms with van der Waals surface area (Å²) in [5.74, 6) is -1.28. The third-order valence-corrected chi connectivity index (χ3v) is 9.02. The number of aliphatic carboxylic acids is 1. The van der Waals surface area contributed by atoms with Crippen molar-refractivity contribution in [1.29, 1.82) is 0 Å². The van der Waals surface area contributed by atoms with Crippen LogP contribution in [0.3, 0.4) is 0 Å². The predicted octanol–water partition coefficient (Wildman–Crippen LogP) is 3.79. The van der Waals surface area contributed by atoms with Crippen LogP contribution < -0.4 is 10.9 Å². The highest BCUT2D eigenvalue weighted by atomic mass is 16.4. The number of carbonyl (C=O) groups excluding carboxylic acids is 1. The van der Waals surface area contributed by atoms with Crippen LogP contribution in [-0.4, -0.2) is 73.3 Å². The van der Waals surface area contributed by atoms with Gasteiger partial charge >= 0.3 is 5.97 Å². The van der Waals surface area contributed by atoms with Crippen molar-refractivity contribution in [3.8, 4) is 17.0 Å². The molecular weight excluding hydrogens is 612 g/mol. The number of H-pyrrole nitrogens is 1. The van der Waals surface area contributed by atoms with Gasteiger partial charge in [0.25, 0.3) is 5.91 Å². The van der Waals surface area contributed by atoms with E-state index >= 15 is 0 Å². The lowest BCUT2D eigenvalue weighted by Gasteiger charge is -2.32. The zero-order valence-electron chi connectivity index (χ0n) is 26.0. The Bertz CT molecular complexity index is 2010. The van der Waals surface area contributed by atoms with E-state index in [2.05, 4.69) is 15.3 Å². The molecule has 246 valence electrons. The SMILES string of the molecule is O=C(c1ccnc(-c2cccc(C(O)(C(=O)O)c3ccccc3)c2)c1)N1CCC(CNCC(O)c2ccc(O)c3[nH]c(=O)ccc23)CC1. The number of piperidine rings is 1. The van der Waals surface area contributed by atoms with Gasteiger partial charge in [0.2, 0.25) is 11.2 Å². The third-order valence-electron chi connectivity index (χ3n) is 9.02. The van der Waals surface area contributed by atoms with Gasteiger partial charge in [-0.2, -0.15) is 0 Å². The minimum atomic E-state index is -2.26. The molecule has 3 heterocycles. The molecule has 1 saturated heterocycles. The van der Waals surface area contributed by atoms with Gasteiger partial charge in [-0.3, -0.25) is 14.6 Å². The fraction of sp³-hybridized carbons (Fsp3) is 0.243. The molecule has 0 aliphatic carbocycles. The summed E-state index contributed by atoms with van der Waals surface area (Å²) in [6.45, 7) is 2.08. The lowest BCUT2D eigenvalue weighted by molar-refractivity contribution is -0.155. The molecule has 2 atom stereocenters. The number of phenols is 1. The second kappa shape index (κ2) is 13.8. The van der Waals surface area contributed by atoms with Gasteiger partial charge in [-0.15, -0.1) is 0 Å². The van der Waals surface area contributed by atoms with Gasteiger partial charge in [0.15, 0.2) is 0 Å². The maximum Gasteiger partial charge on any atom is 0.345 e. The van der Waals surface area contributed by atoms with Crippen LogP contribution in [0.4, 0.5) is 0 Å². The molecule has 6 N–H and O–H groups in total. The number of hydrogen-bond donors (Lipinski definition) is 6. The summed E-state index contributed by atoms with van der Waals surface area (Å²) in [7, 11) is 0. The Balaban J connectivity index is 1.07. The number of benzene rings is 3. The highest BCUT2D eigenvalue weighted by Gasteiger charge is 2.40. The highest BCUT2D eigenvalue weighted by molar-refractivity contribution is 5.95. The molecule has 5 aromatic rings. The third kappa shape index (κ3) is 6.56. The number of aromatic hydroxyl groups is 1. The van der Waals surface area contributed by atoms with Gasteiger partial charge in [0.05, 0.1) is 17.3 Å². The molecule has 6 rings (SSSR count). The van der Waals surface area contributed by atoms with Gasteiger partial charge < -0.3 is 35.6 Å². The Morgan fingerprint density at radius 3 is 2.46 bits per heavy atom. The minimum absolute atomic E-state index is 0.0579. The van der Waals surface area contributed by atoms with Crippen molar-refractivity contribution >= 4 is 22.8 Å². The molecule has 11 heteroatoms. The van der Waals surface area contributed by atoms with E-state index in [0.29, 0.717) is 58.8 Å². The Hall–Kier alpha value is -5.36. The fourth-order valence-electron chi connectivity index (χ4n) is 6.32. The van der Waals surface area contributed by atoms with E-state index in [-0.39, 0.29) is 34.9 Å². The number of aromatic nitrogens is 2. The Kier molecular flexibility index (Phi) is 9.35. The maximum atomic E-state index is 13.5. The van der Waals surface area contributed by atoms with E-state index < -0.39 is 17.7 Å². The number of fused-ring (bicyclic) bond motifs is 1. The van der Waals surface area contributed by atoms with Crippen molar-refractivity contribution in [2.24, 2.45) is 5.92 Å². The molecule has 1 aliphatic heterocycles. The standard InChI is InChI=1S/C37H36N4O7/c42-31-11-9-28(29-10-12-33(44)40-34(29)31)32(43)22-38-21-23-14-17-41(18-15-23)35(45)25-13-16-39-30(20-25)24-5-4-8-27(19-24)37(48,36(46)47)26-6-2-1-3-7-26/h1-13,16,19-20,23,32,38,42-43,48H,14-15,17-18,21-22H2,(H,40,44)(H,46,47). The molecule has 0 bridgehead atoms. The number of pyridine rings is 2. The van der Waals surface area contributed by atoms with Crippen LogP contribution in [0, 0.1) is 5.92 Å². The normalized spacial score (nSPS) is 15.6. The summed E-state index contributed by atoms with van der Waals surface area (Å²) < 4.78 is 0. The summed E-state index contributed by atoms with van der Waals surface area (Å²) in [5.41, 5.74) is 0.208. The summed E-state index contributed by atoms with van der Waals surface area (Å²) in [5, 5.41) is 46.2. The topological polar surface area (TPSA) is 176 Å². The molecule has 2 unspecified atom stereocenters. The molecule has 2 aromatic heterocycles. The minimum Gasteiger partial charge on any atom is -0.506 e. The van der Waals surface area contributed by atoms with E-state index in [1.807, 2.05) is 4.90 Å². The monoisotopic (exact) mass is 648 g/mol. The number of carboxylic acid groups (broad SMARTS) is 1. The van der Waals surface area contributed by atoms with Crippen LogP contribution in [0.25, 0.3) is 22.2 Å². The number of hydrogen-bond acceptors (Lipinski definition) is 8. The number of rotatable bonds is 10. The van der Waals surface area contributed by atoms with Gasteiger partial charge in [0.1, 0.15) is 5.75 Å². The molecule has 3 aromatic carbocycles. The number of amides is 1. The Labute approximate surface area is 276 Å². The quantitative estimate of drug-likeness (QED) is 0.132. The number of aromatic amines is 1. The maximum absolute atomic E-state index is 13.5. The van der Waals surface area contributed by atoms with Crippen molar-refractivity contribution in [2.75, 3.05) is 26.2 Å². The van der Waals surface area contributed by atoms with Gasteiger partial charge in [-0.1, -0.05) is 54.6 Å². The summed E-state index contributed by atoms with van der Waals surface area (Å²) in [4.78, 5) is 46.3. The fourth-order valence-corrected chi connectivity index (χ4v) is 6.32. The summed E-state index contributed by atoms with van der Waals surface area (Å²) in [6, 6.07) is 24.1. The molecule has 1 amide bonds. The lowest BCUT2D eigenvalue weighted by atomic mass is 9.85. The first-order chi connectivity index (χ1) is 23.1. The zero-order valence-corrected chi connectivity index (χ0v) is 26.0. The van der Waals surface area contributed by atoms with E-state index in [0.717, 1.165) is 12.8 Å². The average molecular weight is 649 g/mol. The highest BCUT2D eigenvalue weighted by Crippen LogP contribution is 2.33. The van der Waals surface area contributed by atoms with Gasteiger partial charge in [0, 0.05) is 54.0 Å². The van der Waals surface area contributed by atoms with Crippen molar-refractivity contribution in [3.63, 3.8) is 0 Å². The first-order valence-electron chi connectivity index (χ1n) is 15.8. The Morgan fingerprint density at radius 2 is 1.71 bits per heavy atom. The number of aliphatic hydroxyl groups is 2. The molecule has 11 nitrogen and oxygen atoms in total. The van der Waals surface area contributed by atoms with Crippen molar-refractivity contribution in [2.45, 2.75) is 24.5 Å². The van der Waals surface area contributed by atoms with Crippen LogP contribution in [0.15, 0.2) is 102 Å². The molecule has 0 spiro atoms. The molecule has 0 radical (unpaired) electrons. The summed E-state index contributed by atoms with van der Waals surface area (Å²) in [6.07, 6.45) is 2.27. The number of aliphatic hydroxyl groups excluding tert-OH is 1. The largest absolute Gasteiger partial charge is 0.506 e.